The van der Waals surface area contributed by atoms with Crippen molar-refractivity contribution in [3.8, 4) is 0 Å². The maximum atomic E-state index is 13.8. The Morgan fingerprint density at radius 3 is 2.23 bits per heavy atom. The van der Waals surface area contributed by atoms with E-state index in [1.807, 2.05) is 0 Å². The molecule has 0 unspecified atom stereocenters. The Balaban J connectivity index is 2.65. The van der Waals surface area contributed by atoms with Crippen molar-refractivity contribution in [1.82, 2.24) is 4.90 Å². The summed E-state index contributed by atoms with van der Waals surface area (Å²) < 4.78 is 30.0. The lowest BCUT2D eigenvalue weighted by Crippen LogP contribution is -2.59. The summed E-state index contributed by atoms with van der Waals surface area (Å²) in [5, 5.41) is -1.76. The van der Waals surface area contributed by atoms with Gasteiger partial charge in [-0.25, -0.2) is 0 Å². The number of rotatable bonds is 8. The summed E-state index contributed by atoms with van der Waals surface area (Å²) in [4.78, 5) is 38.8. The summed E-state index contributed by atoms with van der Waals surface area (Å²) >= 11 is 0. The van der Waals surface area contributed by atoms with Crippen molar-refractivity contribution in [1.29, 1.82) is 0 Å². The van der Waals surface area contributed by atoms with Crippen molar-refractivity contribution >= 4 is 25.4 Å². The first-order valence-corrected chi connectivity index (χ1v) is 10.5. The molecule has 2 aliphatic rings. The molecule has 0 bridgehead atoms. The van der Waals surface area contributed by atoms with Crippen molar-refractivity contribution in [2.24, 2.45) is 0 Å². The van der Waals surface area contributed by atoms with Crippen LogP contribution in [0.5, 0.6) is 0 Å². The van der Waals surface area contributed by atoms with Gasteiger partial charge in [0.1, 0.15) is 0 Å². The van der Waals surface area contributed by atoms with Crippen LogP contribution in [0.2, 0.25) is 0 Å². The third kappa shape index (κ3) is 3.38. The van der Waals surface area contributed by atoms with Crippen LogP contribution >= 0.6 is 7.60 Å². The van der Waals surface area contributed by atoms with Gasteiger partial charge in [0.2, 0.25) is 11.8 Å². The summed E-state index contributed by atoms with van der Waals surface area (Å²) in [6.45, 7) is 5.09. The van der Waals surface area contributed by atoms with E-state index < -0.39 is 36.6 Å². The highest BCUT2D eigenvalue weighted by Crippen LogP contribution is 2.65. The fourth-order valence-corrected chi connectivity index (χ4v) is 5.97. The molecule has 0 saturated carbocycles. The van der Waals surface area contributed by atoms with Gasteiger partial charge in [-0.15, -0.1) is 0 Å². The molecule has 8 nitrogen and oxygen atoms in total. The maximum Gasteiger partial charge on any atom is 0.350 e. The van der Waals surface area contributed by atoms with Crippen LogP contribution < -0.4 is 0 Å². The second kappa shape index (κ2) is 8.46. The largest absolute Gasteiger partial charge is 0.465 e. The molecule has 0 aromatic heterocycles. The summed E-state index contributed by atoms with van der Waals surface area (Å²) in [5.74, 6) is -1.58. The molecule has 146 valence electrons. The van der Waals surface area contributed by atoms with Crippen LogP contribution in [0.3, 0.4) is 0 Å². The second-order valence-corrected chi connectivity index (χ2v) is 8.36. The van der Waals surface area contributed by atoms with Crippen LogP contribution in [-0.2, 0) is 32.7 Å². The number of nitrogens with zero attached hydrogens (tertiary/aromatic N) is 1. The topological polar surface area (TPSA) is 99.2 Å². The maximum absolute atomic E-state index is 13.8. The molecule has 26 heavy (non-hydrogen) atoms. The Hall–Kier alpha value is -1.50. The molecule has 1 aliphatic carbocycles. The molecule has 0 radical (unpaired) electrons. The Bertz CT molecular complexity index is 621. The van der Waals surface area contributed by atoms with Gasteiger partial charge in [0, 0.05) is 12.8 Å². The van der Waals surface area contributed by atoms with Crippen LogP contribution in [0, 0.1) is 0 Å². The number of likely N-dealkylation sites (tertiary alicyclic amines) is 1. The van der Waals surface area contributed by atoms with Gasteiger partial charge in [0.15, 0.2) is 5.16 Å². The number of esters is 1. The SMILES string of the molecule is CCOC(=O)[C@]1(P(=O)(OCC)OCC)CCC=C[C@H]1N1C(=O)CCC1=O. The van der Waals surface area contributed by atoms with E-state index in [9.17, 15) is 18.9 Å². The molecular formula is C17H26NO7P. The van der Waals surface area contributed by atoms with Crippen LogP contribution in [0.25, 0.3) is 0 Å². The van der Waals surface area contributed by atoms with Crippen molar-refractivity contribution in [3.63, 3.8) is 0 Å². The summed E-state index contributed by atoms with van der Waals surface area (Å²) in [6, 6.07) is -1.05. The highest BCUT2D eigenvalue weighted by molar-refractivity contribution is 7.57. The Kier molecular flexibility index (Phi) is 6.77. The van der Waals surface area contributed by atoms with Gasteiger partial charge in [-0.05, 0) is 33.6 Å². The van der Waals surface area contributed by atoms with E-state index >= 15 is 0 Å². The molecule has 2 amide bonds. The Morgan fingerprint density at radius 2 is 1.73 bits per heavy atom. The van der Waals surface area contributed by atoms with Gasteiger partial charge >= 0.3 is 13.6 Å². The molecule has 1 fully saturated rings. The number of ether oxygens (including phenoxy) is 1. The van der Waals surface area contributed by atoms with Crippen LogP contribution in [0.15, 0.2) is 12.2 Å². The third-order valence-electron chi connectivity index (χ3n) is 4.58. The first kappa shape index (κ1) is 20.8. The fourth-order valence-electron chi connectivity index (χ4n) is 3.54. The lowest BCUT2D eigenvalue weighted by molar-refractivity contribution is -0.151. The van der Waals surface area contributed by atoms with Gasteiger partial charge in [-0.1, -0.05) is 12.2 Å². The van der Waals surface area contributed by atoms with Crippen molar-refractivity contribution in [2.45, 2.75) is 57.7 Å². The number of carbonyl (C=O) groups excluding carboxylic acids is 3. The van der Waals surface area contributed by atoms with Crippen molar-refractivity contribution in [2.75, 3.05) is 19.8 Å². The smallest absolute Gasteiger partial charge is 0.350 e. The predicted octanol–water partition coefficient (Wildman–Crippen LogP) is 2.42. The van der Waals surface area contributed by atoms with E-state index in [0.29, 0.717) is 6.42 Å². The van der Waals surface area contributed by atoms with Crippen molar-refractivity contribution < 1.29 is 32.7 Å². The van der Waals surface area contributed by atoms with Crippen LogP contribution in [0.4, 0.5) is 0 Å². The van der Waals surface area contributed by atoms with Gasteiger partial charge in [0.25, 0.3) is 0 Å². The first-order valence-electron chi connectivity index (χ1n) is 8.95. The zero-order valence-electron chi connectivity index (χ0n) is 15.4. The monoisotopic (exact) mass is 387 g/mol. The minimum Gasteiger partial charge on any atom is -0.465 e. The zero-order chi connectivity index (χ0) is 19.4. The highest BCUT2D eigenvalue weighted by Gasteiger charge is 2.65. The van der Waals surface area contributed by atoms with E-state index in [-0.39, 0.29) is 39.1 Å². The number of amides is 2. The van der Waals surface area contributed by atoms with E-state index in [1.54, 1.807) is 32.9 Å². The van der Waals surface area contributed by atoms with Gasteiger partial charge in [-0.2, -0.15) is 0 Å². The molecule has 0 aromatic carbocycles. The molecular weight excluding hydrogens is 361 g/mol. The molecule has 0 N–H and O–H groups in total. The minimum atomic E-state index is -4.05. The molecule has 1 saturated heterocycles. The van der Waals surface area contributed by atoms with E-state index in [1.165, 1.54) is 0 Å². The molecule has 0 spiro atoms. The number of hydrogen-bond donors (Lipinski definition) is 0. The van der Waals surface area contributed by atoms with Gasteiger partial charge < -0.3 is 13.8 Å². The normalized spacial score (nSPS) is 26.4. The predicted molar refractivity (Wildman–Crippen MR) is 93.5 cm³/mol. The molecule has 2 rings (SSSR count). The first-order chi connectivity index (χ1) is 12.4. The molecule has 2 atom stereocenters. The summed E-state index contributed by atoms with van der Waals surface area (Å²) in [6.07, 6.45) is 4.00. The Morgan fingerprint density at radius 1 is 1.15 bits per heavy atom. The lowest BCUT2D eigenvalue weighted by Gasteiger charge is -2.45. The Labute approximate surface area is 153 Å². The third-order valence-corrected chi connectivity index (χ3v) is 7.43. The quantitative estimate of drug-likeness (QED) is 0.273. The van der Waals surface area contributed by atoms with E-state index in [4.69, 9.17) is 13.8 Å². The number of imide groups is 1. The number of hydrogen-bond acceptors (Lipinski definition) is 7. The molecule has 1 heterocycles. The molecule has 0 aromatic rings. The van der Waals surface area contributed by atoms with Crippen LogP contribution in [0.1, 0.15) is 46.5 Å². The minimum absolute atomic E-state index is 0.0523. The lowest BCUT2D eigenvalue weighted by atomic mass is 9.87. The summed E-state index contributed by atoms with van der Waals surface area (Å²) in [7, 11) is -4.05. The fraction of sp³-hybridized carbons (Fsp3) is 0.706. The average Bonchev–Trinajstić information content (AvgIpc) is 2.93. The highest BCUT2D eigenvalue weighted by atomic mass is 31.2. The van der Waals surface area contributed by atoms with Gasteiger partial charge in [-0.3, -0.25) is 23.8 Å². The zero-order valence-corrected chi connectivity index (χ0v) is 16.3. The van der Waals surface area contributed by atoms with E-state index in [2.05, 4.69) is 0 Å². The number of allylic oxidation sites excluding steroid dienone is 1. The molecule has 1 aliphatic heterocycles. The summed E-state index contributed by atoms with van der Waals surface area (Å²) in [5.41, 5.74) is 0. The second-order valence-electron chi connectivity index (χ2n) is 6.05. The number of carbonyl (C=O) groups is 3. The van der Waals surface area contributed by atoms with Gasteiger partial charge in [0.05, 0.1) is 25.9 Å². The van der Waals surface area contributed by atoms with Crippen molar-refractivity contribution in [3.05, 3.63) is 12.2 Å². The average molecular weight is 387 g/mol. The standard InChI is InChI=1S/C17H26NO7P/c1-4-23-16(21)17(26(22,24-5-2)25-6-3)12-8-7-9-13(17)18-14(19)10-11-15(18)20/h7,9,13H,4-6,8,10-12H2,1-3H3/t13-,17+/m1/s1. The molecule has 9 heteroatoms. The van der Waals surface area contributed by atoms with E-state index in [0.717, 1.165) is 4.90 Å². The van der Waals surface area contributed by atoms with Crippen LogP contribution in [-0.4, -0.2) is 53.7 Å².